The van der Waals surface area contributed by atoms with Crippen molar-refractivity contribution in [3.63, 3.8) is 0 Å². The summed E-state index contributed by atoms with van der Waals surface area (Å²) in [6, 6.07) is 1.81. The van der Waals surface area contributed by atoms with Gasteiger partial charge in [0, 0.05) is 6.20 Å². The SMILES string of the molecule is Cc1cc(Cl)cn2c(CO)c(Cl)nc12. The van der Waals surface area contributed by atoms with E-state index in [1.165, 1.54) is 0 Å². The summed E-state index contributed by atoms with van der Waals surface area (Å²) in [7, 11) is 0. The van der Waals surface area contributed by atoms with Crippen molar-refractivity contribution in [2.45, 2.75) is 13.5 Å². The molecule has 14 heavy (non-hydrogen) atoms. The summed E-state index contributed by atoms with van der Waals surface area (Å²) < 4.78 is 1.71. The van der Waals surface area contributed by atoms with Crippen LogP contribution >= 0.6 is 23.2 Å². The third-order valence-electron chi connectivity index (χ3n) is 2.07. The predicted octanol–water partition coefficient (Wildman–Crippen LogP) is 2.44. The third kappa shape index (κ3) is 1.38. The molecule has 3 nitrogen and oxygen atoms in total. The first-order chi connectivity index (χ1) is 6.63. The molecular formula is C9H8Cl2N2O. The first kappa shape index (κ1) is 9.77. The normalized spacial score (nSPS) is 11.1. The number of halogens is 2. The van der Waals surface area contributed by atoms with Crippen molar-refractivity contribution in [3.8, 4) is 0 Å². The average Bonchev–Trinajstić information content (AvgIpc) is 2.41. The van der Waals surface area contributed by atoms with Crippen LogP contribution in [0.1, 0.15) is 11.3 Å². The van der Waals surface area contributed by atoms with Crippen molar-refractivity contribution in [3.05, 3.63) is 33.7 Å². The minimum Gasteiger partial charge on any atom is -0.390 e. The summed E-state index contributed by atoms with van der Waals surface area (Å²) in [5.41, 5.74) is 2.22. The zero-order valence-electron chi connectivity index (χ0n) is 7.46. The lowest BCUT2D eigenvalue weighted by Crippen LogP contribution is -1.94. The zero-order valence-corrected chi connectivity index (χ0v) is 8.97. The number of fused-ring (bicyclic) bond motifs is 1. The Kier molecular flexibility index (Phi) is 2.39. The Balaban J connectivity index is 2.87. The van der Waals surface area contributed by atoms with Gasteiger partial charge in [-0.15, -0.1) is 0 Å². The molecular weight excluding hydrogens is 223 g/mol. The average molecular weight is 231 g/mol. The monoisotopic (exact) mass is 230 g/mol. The van der Waals surface area contributed by atoms with E-state index in [1.807, 2.05) is 6.92 Å². The molecule has 0 aliphatic carbocycles. The smallest absolute Gasteiger partial charge is 0.153 e. The Labute approximate surface area is 90.9 Å². The Hall–Kier alpha value is -0.770. The summed E-state index contributed by atoms with van der Waals surface area (Å²) in [5.74, 6) is 0. The van der Waals surface area contributed by atoms with Gasteiger partial charge in [0.2, 0.25) is 0 Å². The Morgan fingerprint density at radius 1 is 1.50 bits per heavy atom. The van der Waals surface area contributed by atoms with Crippen molar-refractivity contribution in [1.82, 2.24) is 9.38 Å². The fraction of sp³-hybridized carbons (Fsp3) is 0.222. The van der Waals surface area contributed by atoms with Crippen molar-refractivity contribution >= 4 is 28.8 Å². The molecule has 2 aromatic heterocycles. The number of pyridine rings is 1. The number of hydrogen-bond acceptors (Lipinski definition) is 2. The van der Waals surface area contributed by atoms with E-state index in [0.717, 1.165) is 11.2 Å². The molecule has 0 atom stereocenters. The molecule has 74 valence electrons. The Morgan fingerprint density at radius 2 is 2.21 bits per heavy atom. The van der Waals surface area contributed by atoms with E-state index in [1.54, 1.807) is 16.7 Å². The topological polar surface area (TPSA) is 37.5 Å². The lowest BCUT2D eigenvalue weighted by atomic mass is 10.3. The number of imidazole rings is 1. The number of aliphatic hydroxyl groups is 1. The van der Waals surface area contributed by atoms with Crippen LogP contribution in [0.3, 0.4) is 0 Å². The van der Waals surface area contributed by atoms with E-state index in [9.17, 15) is 0 Å². The van der Waals surface area contributed by atoms with Gasteiger partial charge in [0.05, 0.1) is 17.3 Å². The zero-order chi connectivity index (χ0) is 10.3. The van der Waals surface area contributed by atoms with E-state index in [-0.39, 0.29) is 6.61 Å². The first-order valence-corrected chi connectivity index (χ1v) is 4.82. The molecule has 1 N–H and O–H groups in total. The molecule has 0 fully saturated rings. The molecule has 0 aliphatic rings. The van der Waals surface area contributed by atoms with Crippen LogP contribution in [0.15, 0.2) is 12.3 Å². The molecule has 0 aliphatic heterocycles. The van der Waals surface area contributed by atoms with Crippen LogP contribution in [0, 0.1) is 6.92 Å². The van der Waals surface area contributed by atoms with Crippen LogP contribution in [0.2, 0.25) is 10.2 Å². The van der Waals surface area contributed by atoms with Gasteiger partial charge in [-0.25, -0.2) is 4.98 Å². The molecule has 0 bridgehead atoms. The quantitative estimate of drug-likeness (QED) is 0.818. The van der Waals surface area contributed by atoms with Crippen molar-refractivity contribution < 1.29 is 5.11 Å². The molecule has 0 aromatic carbocycles. The van der Waals surface area contributed by atoms with Crippen molar-refractivity contribution in [2.75, 3.05) is 0 Å². The van der Waals surface area contributed by atoms with Gasteiger partial charge in [-0.3, -0.25) is 4.40 Å². The second-order valence-corrected chi connectivity index (χ2v) is 3.84. The third-order valence-corrected chi connectivity index (χ3v) is 2.58. The van der Waals surface area contributed by atoms with Crippen molar-refractivity contribution in [1.29, 1.82) is 0 Å². The molecule has 0 saturated carbocycles. The predicted molar refractivity (Wildman–Crippen MR) is 55.9 cm³/mol. The van der Waals surface area contributed by atoms with Gasteiger partial charge in [-0.05, 0) is 18.6 Å². The molecule has 0 radical (unpaired) electrons. The van der Waals surface area contributed by atoms with Gasteiger partial charge in [0.25, 0.3) is 0 Å². The van der Waals surface area contributed by atoms with Crippen molar-refractivity contribution in [2.24, 2.45) is 0 Å². The minimum atomic E-state index is -0.153. The second-order valence-electron chi connectivity index (χ2n) is 3.04. The summed E-state index contributed by atoms with van der Waals surface area (Å²) in [4.78, 5) is 4.13. The Bertz CT molecular complexity index is 493. The number of hydrogen-bond donors (Lipinski definition) is 1. The highest BCUT2D eigenvalue weighted by Crippen LogP contribution is 2.22. The van der Waals surface area contributed by atoms with Gasteiger partial charge >= 0.3 is 0 Å². The van der Waals surface area contributed by atoms with E-state index < -0.39 is 0 Å². The summed E-state index contributed by atoms with van der Waals surface area (Å²) >= 11 is 11.7. The molecule has 0 spiro atoms. The maximum atomic E-state index is 9.10. The van der Waals surface area contributed by atoms with Crippen LogP contribution in [0.25, 0.3) is 5.65 Å². The van der Waals surface area contributed by atoms with E-state index in [0.29, 0.717) is 15.9 Å². The van der Waals surface area contributed by atoms with Crippen LogP contribution in [0.5, 0.6) is 0 Å². The Morgan fingerprint density at radius 3 is 2.86 bits per heavy atom. The fourth-order valence-corrected chi connectivity index (χ4v) is 1.92. The number of rotatable bonds is 1. The molecule has 2 heterocycles. The highest BCUT2D eigenvalue weighted by molar-refractivity contribution is 6.31. The standard InChI is InChI=1S/C9H8Cl2N2O/c1-5-2-6(10)3-13-7(4-14)8(11)12-9(5)13/h2-3,14H,4H2,1H3. The maximum absolute atomic E-state index is 9.10. The van der Waals surface area contributed by atoms with Gasteiger partial charge in [-0.2, -0.15) is 0 Å². The van der Waals surface area contributed by atoms with Gasteiger partial charge < -0.3 is 5.11 Å². The first-order valence-electron chi connectivity index (χ1n) is 4.07. The molecule has 5 heteroatoms. The summed E-state index contributed by atoms with van der Waals surface area (Å²) in [5, 5.41) is 10.0. The number of aryl methyl sites for hydroxylation is 1. The van der Waals surface area contributed by atoms with Crippen LogP contribution in [-0.2, 0) is 6.61 Å². The number of aromatic nitrogens is 2. The van der Waals surface area contributed by atoms with Gasteiger partial charge in [0.15, 0.2) is 5.15 Å². The largest absolute Gasteiger partial charge is 0.390 e. The van der Waals surface area contributed by atoms with Gasteiger partial charge in [0.1, 0.15) is 5.65 Å². The molecule has 2 rings (SSSR count). The minimum absolute atomic E-state index is 0.153. The number of aliphatic hydroxyl groups excluding tert-OH is 1. The lowest BCUT2D eigenvalue weighted by Gasteiger charge is -2.01. The van der Waals surface area contributed by atoms with Crippen LogP contribution in [0.4, 0.5) is 0 Å². The molecule has 0 saturated heterocycles. The summed E-state index contributed by atoms with van der Waals surface area (Å²) in [6.07, 6.45) is 1.69. The van der Waals surface area contributed by atoms with Crippen LogP contribution in [-0.4, -0.2) is 14.5 Å². The molecule has 0 amide bonds. The second kappa shape index (κ2) is 3.42. The van der Waals surface area contributed by atoms with Gasteiger partial charge in [-0.1, -0.05) is 23.2 Å². The molecule has 2 aromatic rings. The number of nitrogens with zero attached hydrogens (tertiary/aromatic N) is 2. The van der Waals surface area contributed by atoms with E-state index in [4.69, 9.17) is 28.3 Å². The molecule has 0 unspecified atom stereocenters. The van der Waals surface area contributed by atoms with E-state index >= 15 is 0 Å². The highest BCUT2D eigenvalue weighted by atomic mass is 35.5. The van der Waals surface area contributed by atoms with E-state index in [2.05, 4.69) is 4.98 Å². The van der Waals surface area contributed by atoms with Crippen LogP contribution < -0.4 is 0 Å². The lowest BCUT2D eigenvalue weighted by molar-refractivity contribution is 0.276. The fourth-order valence-electron chi connectivity index (χ4n) is 1.43. The summed E-state index contributed by atoms with van der Waals surface area (Å²) in [6.45, 7) is 1.74. The highest BCUT2D eigenvalue weighted by Gasteiger charge is 2.11. The maximum Gasteiger partial charge on any atom is 0.153 e.